The molecule has 12 heavy (non-hydrogen) atoms. The van der Waals surface area contributed by atoms with Gasteiger partial charge in [0.2, 0.25) is 0 Å². The van der Waals surface area contributed by atoms with Gasteiger partial charge in [0.05, 0.1) is 12.1 Å². The van der Waals surface area contributed by atoms with Crippen molar-refractivity contribution < 1.29 is 4.79 Å². The van der Waals surface area contributed by atoms with Crippen LogP contribution in [0, 0.1) is 11.3 Å². The van der Waals surface area contributed by atoms with E-state index in [4.69, 9.17) is 0 Å². The zero-order valence-corrected chi connectivity index (χ0v) is 7.42. The van der Waals surface area contributed by atoms with E-state index < -0.39 is 0 Å². The molecule has 2 unspecified atom stereocenters. The second-order valence-corrected chi connectivity index (χ2v) is 4.79. The molecule has 66 valence electrons. The summed E-state index contributed by atoms with van der Waals surface area (Å²) in [6, 6.07) is 0. The molecule has 3 heteroatoms. The second-order valence-electron chi connectivity index (χ2n) is 4.79. The van der Waals surface area contributed by atoms with Crippen LogP contribution in [0.15, 0.2) is 0 Å². The van der Waals surface area contributed by atoms with Gasteiger partial charge in [-0.05, 0) is 0 Å². The molecule has 3 nitrogen and oxygen atoms in total. The average molecular weight is 166 g/mol. The lowest BCUT2D eigenvalue weighted by Gasteiger charge is -2.57. The molecule has 0 spiro atoms. The third-order valence-electron chi connectivity index (χ3n) is 3.47. The first-order chi connectivity index (χ1) is 5.67. The number of carbonyl (C=O) groups excluding carboxylic acids is 1. The van der Waals surface area contributed by atoms with E-state index in [-0.39, 0.29) is 5.41 Å². The largest absolute Gasteiger partial charge is 0.299 e. The Morgan fingerprint density at radius 1 is 1.33 bits per heavy atom. The molecule has 4 rings (SSSR count). The topological polar surface area (TPSA) is 23.6 Å². The summed E-state index contributed by atoms with van der Waals surface area (Å²) in [5.41, 5.74) is -0.0284. The highest BCUT2D eigenvalue weighted by atomic mass is 16.1. The maximum Gasteiger partial charge on any atom is 0.146 e. The highest BCUT2D eigenvalue weighted by Crippen LogP contribution is 2.38. The van der Waals surface area contributed by atoms with Crippen LogP contribution >= 0.6 is 0 Å². The number of ketones is 1. The Morgan fingerprint density at radius 3 is 2.42 bits per heavy atom. The minimum Gasteiger partial charge on any atom is -0.299 e. The zero-order valence-electron chi connectivity index (χ0n) is 7.42. The normalized spacial score (nSPS) is 56.4. The third-order valence-corrected chi connectivity index (χ3v) is 3.47. The van der Waals surface area contributed by atoms with Crippen LogP contribution in [-0.4, -0.2) is 48.4 Å². The fourth-order valence-electron chi connectivity index (χ4n) is 3.16. The van der Waals surface area contributed by atoms with Gasteiger partial charge in [0, 0.05) is 32.1 Å². The summed E-state index contributed by atoms with van der Waals surface area (Å²) >= 11 is 0. The molecule has 4 aliphatic rings. The van der Waals surface area contributed by atoms with Gasteiger partial charge in [0.1, 0.15) is 5.78 Å². The standard InChI is InChI=1S/C9H14N2O/c1-9-4-10-2-7(8(9)12)3-11(5-9)6-10/h7H,2-6H2,1H3. The monoisotopic (exact) mass is 166 g/mol. The Labute approximate surface area is 72.3 Å². The summed E-state index contributed by atoms with van der Waals surface area (Å²) in [6.07, 6.45) is 0. The number of Topliss-reactive ketones (excluding diaryl/α,β-unsaturated/α-hetero) is 1. The lowest BCUT2D eigenvalue weighted by molar-refractivity contribution is -0.162. The molecule has 0 N–H and O–H groups in total. The van der Waals surface area contributed by atoms with Crippen LogP contribution < -0.4 is 0 Å². The first-order valence-corrected chi connectivity index (χ1v) is 4.66. The van der Waals surface area contributed by atoms with Gasteiger partial charge in [-0.15, -0.1) is 0 Å². The number of piperidine rings is 2. The van der Waals surface area contributed by atoms with Gasteiger partial charge in [-0.1, -0.05) is 6.92 Å². The number of hydrogen-bond donors (Lipinski definition) is 0. The maximum absolute atomic E-state index is 11.8. The van der Waals surface area contributed by atoms with Gasteiger partial charge in [0.15, 0.2) is 0 Å². The van der Waals surface area contributed by atoms with Crippen molar-refractivity contribution in [3.8, 4) is 0 Å². The fraction of sp³-hybridized carbons (Fsp3) is 0.889. The predicted octanol–water partition coefficient (Wildman–Crippen LogP) is -0.220. The van der Waals surface area contributed by atoms with Crippen LogP contribution in [0.5, 0.6) is 0 Å². The first kappa shape index (κ1) is 7.04. The van der Waals surface area contributed by atoms with E-state index in [1.807, 2.05) is 0 Å². The summed E-state index contributed by atoms with van der Waals surface area (Å²) in [5, 5.41) is 0. The molecule has 4 aliphatic heterocycles. The van der Waals surface area contributed by atoms with Crippen LogP contribution in [0.2, 0.25) is 0 Å². The smallest absolute Gasteiger partial charge is 0.146 e. The van der Waals surface area contributed by atoms with Crippen LogP contribution in [0.3, 0.4) is 0 Å². The molecular weight excluding hydrogens is 152 g/mol. The van der Waals surface area contributed by atoms with E-state index in [0.29, 0.717) is 11.7 Å². The number of nitrogens with zero attached hydrogens (tertiary/aromatic N) is 2. The number of carbonyl (C=O) groups is 1. The average Bonchev–Trinajstić information content (AvgIpc) is 1.98. The molecular formula is C9H14N2O. The van der Waals surface area contributed by atoms with Crippen molar-refractivity contribution >= 4 is 5.78 Å². The summed E-state index contributed by atoms with van der Waals surface area (Å²) < 4.78 is 0. The Balaban J connectivity index is 2.02. The van der Waals surface area contributed by atoms with Gasteiger partial charge in [0.25, 0.3) is 0 Å². The van der Waals surface area contributed by atoms with Crippen molar-refractivity contribution in [1.29, 1.82) is 0 Å². The quantitative estimate of drug-likeness (QED) is 0.497. The molecule has 0 aromatic carbocycles. The molecule has 0 saturated carbocycles. The Hall–Kier alpha value is -0.410. The van der Waals surface area contributed by atoms with Crippen molar-refractivity contribution in [2.24, 2.45) is 11.3 Å². The molecule has 0 aromatic rings. The van der Waals surface area contributed by atoms with Crippen molar-refractivity contribution in [3.05, 3.63) is 0 Å². The van der Waals surface area contributed by atoms with Gasteiger partial charge < -0.3 is 0 Å². The lowest BCUT2D eigenvalue weighted by atomic mass is 9.70. The minimum atomic E-state index is -0.0284. The number of rotatable bonds is 0. The Morgan fingerprint density at radius 2 is 1.92 bits per heavy atom. The van der Waals surface area contributed by atoms with E-state index >= 15 is 0 Å². The fourth-order valence-corrected chi connectivity index (χ4v) is 3.16. The highest BCUT2D eigenvalue weighted by Gasteiger charge is 2.52. The first-order valence-electron chi connectivity index (χ1n) is 4.66. The third kappa shape index (κ3) is 0.709. The Bertz CT molecular complexity index is 237. The number of hydrogen-bond acceptors (Lipinski definition) is 3. The summed E-state index contributed by atoms with van der Waals surface area (Å²) in [5.74, 6) is 0.848. The lowest BCUT2D eigenvalue weighted by Crippen LogP contribution is -2.70. The Kier molecular flexibility index (Phi) is 1.12. The minimum absolute atomic E-state index is 0.0284. The molecule has 4 bridgehead atoms. The molecule has 0 amide bonds. The predicted molar refractivity (Wildman–Crippen MR) is 44.6 cm³/mol. The molecule has 0 aliphatic carbocycles. The molecule has 0 radical (unpaired) electrons. The summed E-state index contributed by atoms with van der Waals surface area (Å²) in [6.45, 7) is 7.26. The maximum atomic E-state index is 11.8. The SMILES string of the molecule is CC12CN3CC(CN(C3)C1)C2=O. The van der Waals surface area contributed by atoms with Crippen molar-refractivity contribution in [1.82, 2.24) is 9.80 Å². The summed E-state index contributed by atoms with van der Waals surface area (Å²) in [4.78, 5) is 16.7. The molecule has 2 atom stereocenters. The van der Waals surface area contributed by atoms with E-state index in [1.165, 1.54) is 0 Å². The van der Waals surface area contributed by atoms with E-state index in [2.05, 4.69) is 16.7 Å². The van der Waals surface area contributed by atoms with Crippen LogP contribution in [0.1, 0.15) is 6.92 Å². The zero-order chi connectivity index (χ0) is 8.34. The van der Waals surface area contributed by atoms with E-state index in [0.717, 1.165) is 32.8 Å². The van der Waals surface area contributed by atoms with Crippen molar-refractivity contribution in [2.45, 2.75) is 6.92 Å². The molecule has 4 fully saturated rings. The molecule has 4 saturated heterocycles. The van der Waals surface area contributed by atoms with Gasteiger partial charge >= 0.3 is 0 Å². The second kappa shape index (κ2) is 1.91. The van der Waals surface area contributed by atoms with Gasteiger partial charge in [-0.2, -0.15) is 0 Å². The van der Waals surface area contributed by atoms with Crippen LogP contribution in [-0.2, 0) is 4.79 Å². The van der Waals surface area contributed by atoms with E-state index in [9.17, 15) is 4.79 Å². The summed E-state index contributed by atoms with van der Waals surface area (Å²) in [7, 11) is 0. The van der Waals surface area contributed by atoms with Crippen molar-refractivity contribution in [2.75, 3.05) is 32.8 Å². The van der Waals surface area contributed by atoms with Crippen molar-refractivity contribution in [3.63, 3.8) is 0 Å². The molecule has 0 aromatic heterocycles. The van der Waals surface area contributed by atoms with Crippen LogP contribution in [0.4, 0.5) is 0 Å². The van der Waals surface area contributed by atoms with Gasteiger partial charge in [-0.25, -0.2) is 0 Å². The highest BCUT2D eigenvalue weighted by molar-refractivity contribution is 5.89. The molecule has 4 heterocycles. The van der Waals surface area contributed by atoms with E-state index in [1.54, 1.807) is 0 Å². The van der Waals surface area contributed by atoms with Crippen LogP contribution in [0.25, 0.3) is 0 Å². The van der Waals surface area contributed by atoms with Gasteiger partial charge in [-0.3, -0.25) is 14.6 Å².